The summed E-state index contributed by atoms with van der Waals surface area (Å²) in [5.74, 6) is -1.62. The van der Waals surface area contributed by atoms with Gasteiger partial charge in [-0.1, -0.05) is 0 Å². The molecule has 4 heteroatoms. The number of cyclic esters (lactones) is 1. The molecule has 0 aliphatic carbocycles. The Labute approximate surface area is 64.2 Å². The number of carbonyl (C=O) groups excluding carboxylic acids is 2. The summed E-state index contributed by atoms with van der Waals surface area (Å²) in [6.45, 7) is 2.45. The predicted octanol–water partition coefficient (Wildman–Crippen LogP) is -0.501. The SMILES string of the molecule is C[C@H]1C(=O)O[C@@](C)(CO)C1=O. The van der Waals surface area contributed by atoms with Gasteiger partial charge < -0.3 is 9.84 Å². The minimum Gasteiger partial charge on any atom is -0.448 e. The quantitative estimate of drug-likeness (QED) is 0.412. The molecule has 0 aromatic heterocycles. The summed E-state index contributed by atoms with van der Waals surface area (Å²) in [6, 6.07) is 0. The van der Waals surface area contributed by atoms with Gasteiger partial charge in [-0.2, -0.15) is 0 Å². The molecule has 1 aliphatic rings. The molecule has 2 atom stereocenters. The molecule has 0 amide bonds. The first-order valence-electron chi connectivity index (χ1n) is 3.39. The third-order valence-electron chi connectivity index (χ3n) is 1.90. The normalized spacial score (nSPS) is 37.5. The lowest BCUT2D eigenvalue weighted by atomic mass is 9.96. The molecule has 11 heavy (non-hydrogen) atoms. The molecule has 0 saturated carbocycles. The highest BCUT2D eigenvalue weighted by Gasteiger charge is 2.49. The van der Waals surface area contributed by atoms with Crippen molar-refractivity contribution in [2.45, 2.75) is 19.4 Å². The first-order chi connectivity index (χ1) is 5.01. The standard InChI is InChI=1S/C7H10O4/c1-4-5(9)7(2,3-8)11-6(4)10/h4,8H,3H2,1-2H3/t4-,7+/m1/s1. The van der Waals surface area contributed by atoms with Crippen LogP contribution in [-0.4, -0.2) is 29.1 Å². The van der Waals surface area contributed by atoms with E-state index in [-0.39, 0.29) is 5.78 Å². The number of aliphatic hydroxyl groups excluding tert-OH is 1. The zero-order chi connectivity index (χ0) is 8.65. The summed E-state index contributed by atoms with van der Waals surface area (Å²) in [4.78, 5) is 22.0. The van der Waals surface area contributed by atoms with Gasteiger partial charge in [0.05, 0.1) is 6.61 Å². The Morgan fingerprint density at radius 2 is 2.18 bits per heavy atom. The summed E-state index contributed by atoms with van der Waals surface area (Å²) >= 11 is 0. The molecule has 1 fully saturated rings. The summed E-state index contributed by atoms with van der Waals surface area (Å²) in [7, 11) is 0. The van der Waals surface area contributed by atoms with Gasteiger partial charge in [0.25, 0.3) is 0 Å². The van der Waals surface area contributed by atoms with Crippen molar-refractivity contribution in [1.29, 1.82) is 0 Å². The van der Waals surface area contributed by atoms with Crippen molar-refractivity contribution in [2.75, 3.05) is 6.61 Å². The molecule has 0 aromatic carbocycles. The van der Waals surface area contributed by atoms with Crippen molar-refractivity contribution in [2.24, 2.45) is 5.92 Å². The molecule has 0 radical (unpaired) electrons. The fourth-order valence-corrected chi connectivity index (χ4v) is 1.04. The number of rotatable bonds is 1. The van der Waals surface area contributed by atoms with Crippen LogP contribution in [0.4, 0.5) is 0 Å². The van der Waals surface area contributed by atoms with Crippen LogP contribution < -0.4 is 0 Å². The molecule has 1 saturated heterocycles. The number of aliphatic hydroxyl groups is 1. The number of esters is 1. The Kier molecular flexibility index (Phi) is 1.72. The zero-order valence-electron chi connectivity index (χ0n) is 6.46. The Bertz CT molecular complexity index is 210. The predicted molar refractivity (Wildman–Crippen MR) is 35.8 cm³/mol. The highest BCUT2D eigenvalue weighted by molar-refractivity contribution is 6.08. The van der Waals surface area contributed by atoms with Crippen LogP contribution in [0.15, 0.2) is 0 Å². The summed E-state index contributed by atoms with van der Waals surface area (Å²) in [6.07, 6.45) is 0. The first kappa shape index (κ1) is 8.20. The molecule has 1 heterocycles. The third-order valence-corrected chi connectivity index (χ3v) is 1.90. The number of Topliss-reactive ketones (excluding diaryl/α,β-unsaturated/α-hetero) is 1. The number of ketones is 1. The fourth-order valence-electron chi connectivity index (χ4n) is 1.04. The monoisotopic (exact) mass is 158 g/mol. The van der Waals surface area contributed by atoms with Gasteiger partial charge in [0.1, 0.15) is 5.92 Å². The van der Waals surface area contributed by atoms with Crippen LogP contribution in [0.5, 0.6) is 0 Å². The Morgan fingerprint density at radius 1 is 1.64 bits per heavy atom. The van der Waals surface area contributed by atoms with Crippen molar-refractivity contribution < 1.29 is 19.4 Å². The average molecular weight is 158 g/mol. The molecule has 1 N–H and O–H groups in total. The van der Waals surface area contributed by atoms with Crippen LogP contribution in [-0.2, 0) is 14.3 Å². The highest BCUT2D eigenvalue weighted by Crippen LogP contribution is 2.26. The number of hydrogen-bond donors (Lipinski definition) is 1. The lowest BCUT2D eigenvalue weighted by Gasteiger charge is -2.16. The van der Waals surface area contributed by atoms with Gasteiger partial charge in [-0.15, -0.1) is 0 Å². The van der Waals surface area contributed by atoms with Gasteiger partial charge in [-0.05, 0) is 13.8 Å². The van der Waals surface area contributed by atoms with E-state index in [0.29, 0.717) is 0 Å². The minimum absolute atomic E-state index is 0.343. The second kappa shape index (κ2) is 2.30. The second-order valence-corrected chi connectivity index (χ2v) is 2.90. The molecule has 4 nitrogen and oxygen atoms in total. The van der Waals surface area contributed by atoms with Crippen molar-refractivity contribution in [3.63, 3.8) is 0 Å². The van der Waals surface area contributed by atoms with Crippen LogP contribution in [0.2, 0.25) is 0 Å². The van der Waals surface area contributed by atoms with Crippen LogP contribution in [0.1, 0.15) is 13.8 Å². The lowest BCUT2D eigenvalue weighted by molar-refractivity contribution is -0.154. The lowest BCUT2D eigenvalue weighted by Crippen LogP contribution is -2.37. The third kappa shape index (κ3) is 1.03. The molecule has 62 valence electrons. The molecule has 0 aromatic rings. The Hall–Kier alpha value is -0.900. The van der Waals surface area contributed by atoms with Gasteiger partial charge in [0, 0.05) is 0 Å². The average Bonchev–Trinajstić information content (AvgIpc) is 2.17. The molecule has 1 aliphatic heterocycles. The largest absolute Gasteiger partial charge is 0.448 e. The van der Waals surface area contributed by atoms with Crippen molar-refractivity contribution in [3.8, 4) is 0 Å². The van der Waals surface area contributed by atoms with Crippen molar-refractivity contribution >= 4 is 11.8 Å². The summed E-state index contributed by atoms with van der Waals surface area (Å²) in [5, 5.41) is 8.73. The van der Waals surface area contributed by atoms with Gasteiger partial charge in [0.15, 0.2) is 11.4 Å². The maximum atomic E-state index is 11.2. The smallest absolute Gasteiger partial charge is 0.317 e. The molecular formula is C7H10O4. The van der Waals surface area contributed by atoms with E-state index >= 15 is 0 Å². The van der Waals surface area contributed by atoms with Gasteiger partial charge >= 0.3 is 5.97 Å². The molecular weight excluding hydrogens is 148 g/mol. The zero-order valence-corrected chi connectivity index (χ0v) is 6.46. The van der Waals surface area contributed by atoms with Crippen LogP contribution in [0.25, 0.3) is 0 Å². The number of carbonyl (C=O) groups is 2. The molecule has 0 spiro atoms. The Balaban J connectivity index is 2.91. The maximum Gasteiger partial charge on any atom is 0.317 e. The van der Waals surface area contributed by atoms with E-state index in [1.165, 1.54) is 13.8 Å². The first-order valence-corrected chi connectivity index (χ1v) is 3.39. The molecule has 0 unspecified atom stereocenters. The minimum atomic E-state index is -1.30. The highest BCUT2D eigenvalue weighted by atomic mass is 16.6. The van der Waals surface area contributed by atoms with Crippen molar-refractivity contribution in [1.82, 2.24) is 0 Å². The van der Waals surface area contributed by atoms with E-state index in [9.17, 15) is 9.59 Å². The maximum absolute atomic E-state index is 11.2. The van der Waals surface area contributed by atoms with Gasteiger partial charge in [-0.3, -0.25) is 9.59 Å². The Morgan fingerprint density at radius 3 is 2.36 bits per heavy atom. The molecule has 0 bridgehead atoms. The number of hydrogen-bond acceptors (Lipinski definition) is 4. The summed E-state index contributed by atoms with van der Waals surface area (Å²) < 4.78 is 4.68. The van der Waals surface area contributed by atoms with Crippen LogP contribution >= 0.6 is 0 Å². The molecule has 1 rings (SSSR count). The topological polar surface area (TPSA) is 63.6 Å². The van der Waals surface area contributed by atoms with Crippen LogP contribution in [0, 0.1) is 5.92 Å². The van der Waals surface area contributed by atoms with Gasteiger partial charge in [0.2, 0.25) is 0 Å². The van der Waals surface area contributed by atoms with Gasteiger partial charge in [-0.25, -0.2) is 0 Å². The fraction of sp³-hybridized carbons (Fsp3) is 0.714. The number of ether oxygens (including phenoxy) is 1. The summed E-state index contributed by atoms with van der Waals surface area (Å²) in [5.41, 5.74) is -1.30. The van der Waals surface area contributed by atoms with Crippen molar-refractivity contribution in [3.05, 3.63) is 0 Å². The van der Waals surface area contributed by atoms with E-state index in [1.807, 2.05) is 0 Å². The van der Waals surface area contributed by atoms with E-state index in [4.69, 9.17) is 5.11 Å². The van der Waals surface area contributed by atoms with E-state index in [0.717, 1.165) is 0 Å². The van der Waals surface area contributed by atoms with Crippen LogP contribution in [0.3, 0.4) is 0 Å². The second-order valence-electron chi connectivity index (χ2n) is 2.90. The van der Waals surface area contributed by atoms with E-state index in [1.54, 1.807) is 0 Å². The van der Waals surface area contributed by atoms with E-state index < -0.39 is 24.1 Å². The van der Waals surface area contributed by atoms with E-state index in [2.05, 4.69) is 4.74 Å².